The Morgan fingerprint density at radius 2 is 1.93 bits per heavy atom. The second kappa shape index (κ2) is 7.04. The van der Waals surface area contributed by atoms with Gasteiger partial charge in [-0.25, -0.2) is 4.68 Å². The molecule has 2 N–H and O–H groups in total. The lowest BCUT2D eigenvalue weighted by Gasteiger charge is -2.20. The predicted molar refractivity (Wildman–Crippen MR) is 64.5 cm³/mol. The van der Waals surface area contributed by atoms with E-state index in [9.17, 15) is 0 Å². The fourth-order valence-electron chi connectivity index (χ4n) is 1.93. The van der Waals surface area contributed by atoms with Crippen molar-refractivity contribution in [3.05, 3.63) is 11.9 Å². The SMILES string of the molecule is Cl.Cl.NCc1cn(C2CCCCC2)nn1. The largest absolute Gasteiger partial charge is 0.325 e. The summed E-state index contributed by atoms with van der Waals surface area (Å²) in [6.07, 6.45) is 8.48. The van der Waals surface area contributed by atoms with Gasteiger partial charge in [0.1, 0.15) is 0 Å². The molecule has 0 atom stereocenters. The van der Waals surface area contributed by atoms with Gasteiger partial charge in [0.25, 0.3) is 0 Å². The summed E-state index contributed by atoms with van der Waals surface area (Å²) in [6, 6.07) is 0.571. The minimum Gasteiger partial charge on any atom is -0.325 e. The second-order valence-corrected chi connectivity index (χ2v) is 3.69. The minimum atomic E-state index is 0. The Balaban J connectivity index is 0.000000980. The maximum atomic E-state index is 5.48. The average molecular weight is 253 g/mol. The molecule has 0 bridgehead atoms. The molecule has 0 saturated heterocycles. The van der Waals surface area contributed by atoms with E-state index in [0.717, 1.165) is 5.69 Å². The van der Waals surface area contributed by atoms with Crippen molar-refractivity contribution in [2.24, 2.45) is 5.73 Å². The van der Waals surface area contributed by atoms with Crippen molar-refractivity contribution in [3.8, 4) is 0 Å². The summed E-state index contributed by atoms with van der Waals surface area (Å²) in [5, 5.41) is 8.10. The van der Waals surface area contributed by atoms with E-state index in [0.29, 0.717) is 12.6 Å². The maximum Gasteiger partial charge on any atom is 0.0962 e. The molecule has 1 aliphatic carbocycles. The lowest BCUT2D eigenvalue weighted by Crippen LogP contribution is -2.13. The van der Waals surface area contributed by atoms with Crippen LogP contribution in [0.15, 0.2) is 6.20 Å². The topological polar surface area (TPSA) is 56.7 Å². The van der Waals surface area contributed by atoms with Crippen molar-refractivity contribution in [3.63, 3.8) is 0 Å². The molecule has 88 valence electrons. The maximum absolute atomic E-state index is 5.48. The Morgan fingerprint density at radius 1 is 1.27 bits per heavy atom. The Morgan fingerprint density at radius 3 is 2.47 bits per heavy atom. The van der Waals surface area contributed by atoms with Crippen molar-refractivity contribution in [2.75, 3.05) is 0 Å². The molecule has 1 aromatic rings. The van der Waals surface area contributed by atoms with Crippen LogP contribution in [-0.4, -0.2) is 15.0 Å². The van der Waals surface area contributed by atoms with Crippen LogP contribution in [0.1, 0.15) is 43.8 Å². The molecule has 15 heavy (non-hydrogen) atoms. The summed E-state index contributed by atoms with van der Waals surface area (Å²) in [5.41, 5.74) is 6.37. The zero-order valence-electron chi connectivity index (χ0n) is 8.63. The number of nitrogens with two attached hydrogens (primary N) is 1. The second-order valence-electron chi connectivity index (χ2n) is 3.69. The number of nitrogens with zero attached hydrogens (tertiary/aromatic N) is 3. The molecule has 1 saturated carbocycles. The third-order valence-corrected chi connectivity index (χ3v) is 2.72. The summed E-state index contributed by atoms with van der Waals surface area (Å²) in [7, 11) is 0. The lowest BCUT2D eigenvalue weighted by atomic mass is 9.96. The van der Waals surface area contributed by atoms with Crippen LogP contribution in [0.5, 0.6) is 0 Å². The van der Waals surface area contributed by atoms with E-state index in [1.54, 1.807) is 0 Å². The summed E-state index contributed by atoms with van der Waals surface area (Å²) in [4.78, 5) is 0. The van der Waals surface area contributed by atoms with E-state index in [-0.39, 0.29) is 24.8 Å². The molecule has 4 nitrogen and oxygen atoms in total. The molecule has 0 amide bonds. The predicted octanol–water partition coefficient (Wildman–Crippen LogP) is 2.09. The van der Waals surface area contributed by atoms with Gasteiger partial charge >= 0.3 is 0 Å². The summed E-state index contributed by atoms with van der Waals surface area (Å²) in [6.45, 7) is 0.493. The zero-order valence-corrected chi connectivity index (χ0v) is 10.3. The Labute approximate surface area is 102 Å². The van der Waals surface area contributed by atoms with E-state index in [1.165, 1.54) is 32.1 Å². The third-order valence-electron chi connectivity index (χ3n) is 2.72. The van der Waals surface area contributed by atoms with Crippen LogP contribution in [0.25, 0.3) is 0 Å². The summed E-state index contributed by atoms with van der Waals surface area (Å²) < 4.78 is 1.99. The minimum absolute atomic E-state index is 0. The van der Waals surface area contributed by atoms with Gasteiger partial charge in [-0.3, -0.25) is 0 Å². The normalized spacial score (nSPS) is 16.6. The van der Waals surface area contributed by atoms with Gasteiger partial charge in [0.05, 0.1) is 17.9 Å². The Bertz CT molecular complexity index is 271. The van der Waals surface area contributed by atoms with Gasteiger partial charge < -0.3 is 5.73 Å². The molecule has 0 radical (unpaired) electrons. The number of rotatable bonds is 2. The van der Waals surface area contributed by atoms with E-state index in [4.69, 9.17) is 5.73 Å². The quantitative estimate of drug-likeness (QED) is 0.877. The molecule has 0 aliphatic heterocycles. The van der Waals surface area contributed by atoms with E-state index >= 15 is 0 Å². The molecule has 6 heteroatoms. The van der Waals surface area contributed by atoms with Gasteiger partial charge in [-0.05, 0) is 12.8 Å². The van der Waals surface area contributed by atoms with Crippen LogP contribution >= 0.6 is 24.8 Å². The van der Waals surface area contributed by atoms with Crippen LogP contribution < -0.4 is 5.73 Å². The smallest absolute Gasteiger partial charge is 0.0962 e. The zero-order chi connectivity index (χ0) is 9.10. The number of aromatic nitrogens is 3. The average Bonchev–Trinajstić information content (AvgIpc) is 2.67. The highest BCUT2D eigenvalue weighted by Crippen LogP contribution is 2.26. The van der Waals surface area contributed by atoms with Gasteiger partial charge in [0, 0.05) is 6.54 Å². The molecular weight excluding hydrogens is 235 g/mol. The fourth-order valence-corrected chi connectivity index (χ4v) is 1.93. The molecule has 1 heterocycles. The van der Waals surface area contributed by atoms with E-state index < -0.39 is 0 Å². The van der Waals surface area contributed by atoms with Gasteiger partial charge in [-0.2, -0.15) is 0 Å². The first-order valence-corrected chi connectivity index (χ1v) is 5.01. The number of hydrogen-bond donors (Lipinski definition) is 1. The van der Waals surface area contributed by atoms with E-state index in [2.05, 4.69) is 10.3 Å². The van der Waals surface area contributed by atoms with Crippen LogP contribution in [0.2, 0.25) is 0 Å². The molecule has 1 fully saturated rings. The first-order valence-electron chi connectivity index (χ1n) is 5.01. The standard InChI is InChI=1S/C9H16N4.2ClH/c10-6-8-7-13(12-11-8)9-4-2-1-3-5-9;;/h7,9H,1-6,10H2;2*1H. The molecule has 1 aromatic heterocycles. The van der Waals surface area contributed by atoms with Crippen molar-refractivity contribution < 1.29 is 0 Å². The highest BCUT2D eigenvalue weighted by atomic mass is 35.5. The first kappa shape index (κ1) is 14.7. The van der Waals surface area contributed by atoms with E-state index in [1.807, 2.05) is 10.9 Å². The molecular formula is C9H18Cl2N4. The molecule has 0 unspecified atom stereocenters. The number of hydrogen-bond acceptors (Lipinski definition) is 3. The summed E-state index contributed by atoms with van der Waals surface area (Å²) in [5.74, 6) is 0. The fraction of sp³-hybridized carbons (Fsp3) is 0.778. The number of halogens is 2. The van der Waals surface area contributed by atoms with Crippen LogP contribution in [0, 0.1) is 0 Å². The first-order chi connectivity index (χ1) is 6.40. The van der Waals surface area contributed by atoms with Gasteiger partial charge in [-0.15, -0.1) is 29.9 Å². The molecule has 2 rings (SSSR count). The van der Waals surface area contributed by atoms with Crippen molar-refractivity contribution >= 4 is 24.8 Å². The molecule has 0 spiro atoms. The van der Waals surface area contributed by atoms with Gasteiger partial charge in [0.15, 0.2) is 0 Å². The van der Waals surface area contributed by atoms with Crippen molar-refractivity contribution in [1.82, 2.24) is 15.0 Å². The van der Waals surface area contributed by atoms with Gasteiger partial charge in [0.2, 0.25) is 0 Å². The Kier molecular flexibility index (Phi) is 6.89. The van der Waals surface area contributed by atoms with Crippen molar-refractivity contribution in [2.45, 2.75) is 44.7 Å². The monoisotopic (exact) mass is 252 g/mol. The molecule has 0 aromatic carbocycles. The Hall–Kier alpha value is -0.320. The van der Waals surface area contributed by atoms with Crippen LogP contribution in [0.4, 0.5) is 0 Å². The van der Waals surface area contributed by atoms with Crippen LogP contribution in [-0.2, 0) is 6.54 Å². The highest BCUT2D eigenvalue weighted by Gasteiger charge is 2.16. The highest BCUT2D eigenvalue weighted by molar-refractivity contribution is 5.85. The van der Waals surface area contributed by atoms with Crippen LogP contribution in [0.3, 0.4) is 0 Å². The van der Waals surface area contributed by atoms with Gasteiger partial charge in [-0.1, -0.05) is 24.5 Å². The summed E-state index contributed by atoms with van der Waals surface area (Å²) >= 11 is 0. The third kappa shape index (κ3) is 3.63. The molecule has 1 aliphatic rings. The van der Waals surface area contributed by atoms with Crippen molar-refractivity contribution in [1.29, 1.82) is 0 Å². The lowest BCUT2D eigenvalue weighted by molar-refractivity contribution is 0.324.